The van der Waals surface area contributed by atoms with Crippen LogP contribution in [0.1, 0.15) is 24.7 Å². The van der Waals surface area contributed by atoms with E-state index in [-0.39, 0.29) is 24.0 Å². The van der Waals surface area contributed by atoms with Gasteiger partial charge in [0.15, 0.2) is 5.96 Å². The topological polar surface area (TPSA) is 52.8 Å². The molecule has 1 saturated heterocycles. The van der Waals surface area contributed by atoms with Gasteiger partial charge in [0.1, 0.15) is 5.76 Å². The van der Waals surface area contributed by atoms with E-state index in [0.717, 1.165) is 44.2 Å². The number of nitrogens with one attached hydrogen (secondary N) is 2. The van der Waals surface area contributed by atoms with Crippen molar-refractivity contribution in [2.75, 3.05) is 20.1 Å². The standard InChI is InChI=1S/C20H28N4O.HI/c1-16-13-18(15-24(16)14-17-7-4-3-5-8-17)23-20(21-2)22-11-10-19-9-6-12-25-19;/h3-9,12,16,18H,10-11,13-15H2,1-2H3,(H2,21,22,23);1H. The molecule has 3 rings (SSSR count). The average molecular weight is 468 g/mol. The molecule has 0 aliphatic carbocycles. The first kappa shape index (κ1) is 20.8. The number of nitrogens with zero attached hydrogens (tertiary/aromatic N) is 2. The molecule has 0 radical (unpaired) electrons. The Balaban J connectivity index is 0.00000243. The second kappa shape index (κ2) is 10.6. The van der Waals surface area contributed by atoms with Gasteiger partial charge >= 0.3 is 0 Å². The quantitative estimate of drug-likeness (QED) is 0.388. The first-order valence-electron chi connectivity index (χ1n) is 9.02. The fourth-order valence-corrected chi connectivity index (χ4v) is 3.39. The molecule has 0 amide bonds. The zero-order valence-electron chi connectivity index (χ0n) is 15.5. The first-order valence-corrected chi connectivity index (χ1v) is 9.02. The Bertz CT molecular complexity index is 660. The summed E-state index contributed by atoms with van der Waals surface area (Å²) in [5.41, 5.74) is 1.37. The molecule has 2 N–H and O–H groups in total. The number of hydrogen-bond donors (Lipinski definition) is 2. The predicted octanol–water partition coefficient (Wildman–Crippen LogP) is 3.27. The van der Waals surface area contributed by atoms with Gasteiger partial charge in [0.25, 0.3) is 0 Å². The minimum Gasteiger partial charge on any atom is -0.469 e. The third-order valence-corrected chi connectivity index (χ3v) is 4.74. The van der Waals surface area contributed by atoms with Crippen LogP contribution in [-0.2, 0) is 13.0 Å². The normalized spacial score (nSPS) is 20.6. The summed E-state index contributed by atoms with van der Waals surface area (Å²) in [5, 5.41) is 6.93. The summed E-state index contributed by atoms with van der Waals surface area (Å²) in [6.07, 6.45) is 3.70. The maximum Gasteiger partial charge on any atom is 0.191 e. The number of rotatable bonds is 6. The van der Waals surface area contributed by atoms with Crippen LogP contribution in [0.25, 0.3) is 0 Å². The maximum absolute atomic E-state index is 5.36. The van der Waals surface area contributed by atoms with Gasteiger partial charge in [-0.2, -0.15) is 0 Å². The molecule has 2 heterocycles. The van der Waals surface area contributed by atoms with Gasteiger partial charge in [-0.1, -0.05) is 30.3 Å². The third-order valence-electron chi connectivity index (χ3n) is 4.74. The minimum atomic E-state index is 0. The van der Waals surface area contributed by atoms with E-state index >= 15 is 0 Å². The van der Waals surface area contributed by atoms with E-state index in [1.165, 1.54) is 5.56 Å². The first-order chi connectivity index (χ1) is 12.2. The predicted molar refractivity (Wildman–Crippen MR) is 117 cm³/mol. The molecule has 2 aromatic rings. The maximum atomic E-state index is 5.36. The molecule has 5 nitrogen and oxygen atoms in total. The van der Waals surface area contributed by atoms with Crippen LogP contribution < -0.4 is 10.6 Å². The summed E-state index contributed by atoms with van der Waals surface area (Å²) in [6.45, 7) is 5.15. The highest BCUT2D eigenvalue weighted by Crippen LogP contribution is 2.20. The highest BCUT2D eigenvalue weighted by atomic mass is 127. The van der Waals surface area contributed by atoms with E-state index in [9.17, 15) is 0 Å². The Labute approximate surface area is 173 Å². The van der Waals surface area contributed by atoms with E-state index in [1.807, 2.05) is 19.2 Å². The molecule has 1 aromatic carbocycles. The van der Waals surface area contributed by atoms with E-state index in [4.69, 9.17) is 4.42 Å². The molecule has 6 heteroatoms. The molecule has 1 aromatic heterocycles. The number of likely N-dealkylation sites (tertiary alicyclic amines) is 1. The Morgan fingerprint density at radius 1 is 1.23 bits per heavy atom. The van der Waals surface area contributed by atoms with Crippen LogP contribution in [0.2, 0.25) is 0 Å². The molecule has 0 spiro atoms. The van der Waals surface area contributed by atoms with Crippen molar-refractivity contribution in [1.82, 2.24) is 15.5 Å². The number of benzene rings is 1. The van der Waals surface area contributed by atoms with E-state index in [2.05, 4.69) is 57.8 Å². The van der Waals surface area contributed by atoms with Crippen molar-refractivity contribution in [1.29, 1.82) is 0 Å². The minimum absolute atomic E-state index is 0. The summed E-state index contributed by atoms with van der Waals surface area (Å²) in [6, 6.07) is 15.6. The van der Waals surface area contributed by atoms with Crippen LogP contribution >= 0.6 is 24.0 Å². The zero-order valence-corrected chi connectivity index (χ0v) is 17.9. The van der Waals surface area contributed by atoms with Crippen molar-refractivity contribution in [2.24, 2.45) is 4.99 Å². The van der Waals surface area contributed by atoms with Gasteiger partial charge in [-0.25, -0.2) is 0 Å². The van der Waals surface area contributed by atoms with Crippen molar-refractivity contribution >= 4 is 29.9 Å². The Hall–Kier alpha value is -1.54. The lowest BCUT2D eigenvalue weighted by atomic mass is 10.2. The second-order valence-corrected chi connectivity index (χ2v) is 6.67. The summed E-state index contributed by atoms with van der Waals surface area (Å²) >= 11 is 0. The smallest absolute Gasteiger partial charge is 0.191 e. The molecule has 0 saturated carbocycles. The second-order valence-electron chi connectivity index (χ2n) is 6.67. The van der Waals surface area contributed by atoms with Gasteiger partial charge in [-0.3, -0.25) is 9.89 Å². The molecule has 2 unspecified atom stereocenters. The van der Waals surface area contributed by atoms with Gasteiger partial charge in [-0.15, -0.1) is 24.0 Å². The molecule has 142 valence electrons. The zero-order chi connectivity index (χ0) is 17.5. The van der Waals surface area contributed by atoms with Crippen molar-refractivity contribution in [2.45, 2.75) is 38.4 Å². The lowest BCUT2D eigenvalue weighted by molar-refractivity contribution is 0.258. The monoisotopic (exact) mass is 468 g/mol. The largest absolute Gasteiger partial charge is 0.469 e. The molecule has 2 atom stereocenters. The summed E-state index contributed by atoms with van der Waals surface area (Å²) in [5.74, 6) is 1.86. The average Bonchev–Trinajstić information content (AvgIpc) is 3.25. The fraction of sp³-hybridized carbons (Fsp3) is 0.450. The van der Waals surface area contributed by atoms with Crippen molar-refractivity contribution in [3.05, 3.63) is 60.1 Å². The molecular formula is C20H29IN4O. The Morgan fingerprint density at radius 2 is 2.04 bits per heavy atom. The van der Waals surface area contributed by atoms with Crippen LogP contribution in [-0.4, -0.2) is 43.1 Å². The molecule has 1 aliphatic rings. The number of aliphatic imine (C=N–C) groups is 1. The highest BCUT2D eigenvalue weighted by Gasteiger charge is 2.29. The van der Waals surface area contributed by atoms with Gasteiger partial charge in [0.2, 0.25) is 0 Å². The van der Waals surface area contributed by atoms with E-state index < -0.39 is 0 Å². The van der Waals surface area contributed by atoms with Crippen LogP contribution in [0.5, 0.6) is 0 Å². The van der Waals surface area contributed by atoms with Crippen molar-refractivity contribution in [3.8, 4) is 0 Å². The third kappa shape index (κ3) is 6.02. The molecular weight excluding hydrogens is 439 g/mol. The van der Waals surface area contributed by atoms with Crippen LogP contribution in [0.3, 0.4) is 0 Å². The SMILES string of the molecule is CN=C(NCCc1ccco1)NC1CC(C)N(Cc2ccccc2)C1.I. The lowest BCUT2D eigenvalue weighted by Crippen LogP contribution is -2.45. The van der Waals surface area contributed by atoms with Crippen LogP contribution in [0.15, 0.2) is 58.1 Å². The van der Waals surface area contributed by atoms with Crippen LogP contribution in [0, 0.1) is 0 Å². The number of hydrogen-bond acceptors (Lipinski definition) is 3. The molecule has 1 aliphatic heterocycles. The van der Waals surface area contributed by atoms with Gasteiger partial charge < -0.3 is 15.1 Å². The molecule has 26 heavy (non-hydrogen) atoms. The summed E-state index contributed by atoms with van der Waals surface area (Å²) in [7, 11) is 1.82. The van der Waals surface area contributed by atoms with Crippen molar-refractivity contribution < 1.29 is 4.42 Å². The summed E-state index contributed by atoms with van der Waals surface area (Å²) in [4.78, 5) is 6.88. The highest BCUT2D eigenvalue weighted by molar-refractivity contribution is 14.0. The fourth-order valence-electron chi connectivity index (χ4n) is 3.39. The van der Waals surface area contributed by atoms with Crippen molar-refractivity contribution in [3.63, 3.8) is 0 Å². The molecule has 0 bridgehead atoms. The lowest BCUT2D eigenvalue weighted by Gasteiger charge is -2.21. The van der Waals surface area contributed by atoms with Gasteiger partial charge in [-0.05, 0) is 31.0 Å². The molecule has 1 fully saturated rings. The Morgan fingerprint density at radius 3 is 2.73 bits per heavy atom. The summed E-state index contributed by atoms with van der Waals surface area (Å²) < 4.78 is 5.36. The van der Waals surface area contributed by atoms with Gasteiger partial charge in [0.05, 0.1) is 6.26 Å². The number of guanidine groups is 1. The van der Waals surface area contributed by atoms with Crippen LogP contribution in [0.4, 0.5) is 0 Å². The number of furan rings is 1. The van der Waals surface area contributed by atoms with Gasteiger partial charge in [0, 0.05) is 45.2 Å². The van der Waals surface area contributed by atoms with E-state index in [1.54, 1.807) is 6.26 Å². The van der Waals surface area contributed by atoms with E-state index in [0.29, 0.717) is 12.1 Å². The number of halogens is 1. The Kier molecular flexibility index (Phi) is 8.44.